The van der Waals surface area contributed by atoms with E-state index in [0.717, 1.165) is 18.4 Å². The number of hydrogen-bond donors (Lipinski definition) is 5. The van der Waals surface area contributed by atoms with Crippen molar-refractivity contribution >= 4 is 51.4 Å². The van der Waals surface area contributed by atoms with Gasteiger partial charge in [-0.25, -0.2) is 0 Å². The zero-order valence-corrected chi connectivity index (χ0v) is 33.0. The van der Waals surface area contributed by atoms with Crippen LogP contribution in [-0.4, -0.2) is 0 Å². The first-order valence-electron chi connectivity index (χ1n) is 17.5. The Hall–Kier alpha value is -6.19. The summed E-state index contributed by atoms with van der Waals surface area (Å²) in [4.78, 5) is 0. The fourth-order valence-electron chi connectivity index (χ4n) is 5.23. The number of anilines is 5. The van der Waals surface area contributed by atoms with Gasteiger partial charge in [0.2, 0.25) is 0 Å². The number of nitrogen functional groups attached to an aromatic ring is 5. The van der Waals surface area contributed by atoms with Gasteiger partial charge in [-0.1, -0.05) is 39.0 Å². The lowest BCUT2D eigenvalue weighted by atomic mass is 10.1. The highest BCUT2D eigenvalue weighted by molar-refractivity contribution is 7.79. The highest BCUT2D eigenvalue weighted by Gasteiger charge is 2.49. The molecule has 14 nitrogen and oxygen atoms in total. The molecule has 0 radical (unpaired) electrons. The SMILES string of the molecule is CCCc1ccc(OP2(Oc3ccc(N)cc3)=NP(Oc3ccc(N)cc3)(Oc3ccc(N)cc3)=NP(Oc3ccc(N)cc3)(Oc3ccc(N)cc3)=N2)cc1. The molecule has 0 saturated heterocycles. The average Bonchev–Trinajstić information content (AvgIpc) is 3.17. The minimum absolute atomic E-state index is 0.324. The summed E-state index contributed by atoms with van der Waals surface area (Å²) in [5.74, 6) is 2.03. The van der Waals surface area contributed by atoms with Gasteiger partial charge < -0.3 is 55.8 Å². The lowest BCUT2D eigenvalue weighted by Crippen LogP contribution is -2.11. The third kappa shape index (κ3) is 9.54. The van der Waals surface area contributed by atoms with Crippen molar-refractivity contribution in [2.24, 2.45) is 13.5 Å². The first-order chi connectivity index (χ1) is 27.0. The normalized spacial score (nSPS) is 16.5. The van der Waals surface area contributed by atoms with Crippen LogP contribution in [0.3, 0.4) is 0 Å². The molecule has 0 fully saturated rings. The first kappa shape index (κ1) is 38.1. The molecule has 288 valence electrons. The highest BCUT2D eigenvalue weighted by atomic mass is 31.3. The summed E-state index contributed by atoms with van der Waals surface area (Å²) in [6.45, 7) is 2.12. The minimum atomic E-state index is -4.10. The van der Waals surface area contributed by atoms with E-state index in [2.05, 4.69) is 6.92 Å². The molecule has 0 bridgehead atoms. The van der Waals surface area contributed by atoms with Crippen LogP contribution in [0.25, 0.3) is 0 Å². The standard InChI is InChI=1S/C39H41N8O6P3/c1-2-3-28-4-16-34(17-5-28)48-54(49-35-18-6-29(40)7-19-35)45-55(50-36-20-8-30(41)9-21-36,51-37-22-10-31(42)11-23-37)47-56(46-54,52-38-24-12-32(43)13-25-38)53-39-26-14-33(44)15-27-39/h4-27H,2-3,40-44H2,1H3. The lowest BCUT2D eigenvalue weighted by Gasteiger charge is -2.33. The van der Waals surface area contributed by atoms with Crippen LogP contribution in [0.4, 0.5) is 28.4 Å². The Labute approximate surface area is 325 Å². The molecule has 0 aliphatic carbocycles. The molecule has 6 aromatic rings. The van der Waals surface area contributed by atoms with Gasteiger partial charge in [-0.15, -0.1) is 0 Å². The molecule has 1 atom stereocenters. The van der Waals surface area contributed by atoms with Crippen molar-refractivity contribution in [2.45, 2.75) is 19.8 Å². The third-order valence-corrected chi connectivity index (χ3v) is 16.0. The molecule has 0 spiro atoms. The summed E-state index contributed by atoms with van der Waals surface area (Å²) in [6, 6.07) is 41.3. The van der Waals surface area contributed by atoms with Gasteiger partial charge in [0, 0.05) is 28.4 Å². The molecular formula is C39H41N8O6P3. The molecule has 10 N–H and O–H groups in total. The van der Waals surface area contributed by atoms with E-state index in [9.17, 15) is 0 Å². The van der Waals surface area contributed by atoms with Crippen molar-refractivity contribution in [1.82, 2.24) is 0 Å². The zero-order valence-electron chi connectivity index (χ0n) is 30.3. The van der Waals surface area contributed by atoms with Crippen LogP contribution in [0.2, 0.25) is 0 Å². The van der Waals surface area contributed by atoms with Crippen LogP contribution in [0, 0.1) is 0 Å². The molecule has 1 aliphatic heterocycles. The summed E-state index contributed by atoms with van der Waals surface area (Å²) in [5.41, 5.74) is 34.1. The van der Waals surface area contributed by atoms with Crippen molar-refractivity contribution < 1.29 is 27.1 Å². The molecule has 56 heavy (non-hydrogen) atoms. The highest BCUT2D eigenvalue weighted by Crippen LogP contribution is 2.78. The van der Waals surface area contributed by atoms with Crippen LogP contribution in [0.1, 0.15) is 18.9 Å². The predicted octanol–water partition coefficient (Wildman–Crippen LogP) is 11.2. The number of aryl methyl sites for hydroxylation is 1. The van der Waals surface area contributed by atoms with Gasteiger partial charge >= 0.3 is 23.0 Å². The maximum atomic E-state index is 6.87. The van der Waals surface area contributed by atoms with Crippen LogP contribution in [0.15, 0.2) is 159 Å². The molecule has 0 amide bonds. The van der Waals surface area contributed by atoms with Crippen LogP contribution >= 0.6 is 23.0 Å². The second-order valence-electron chi connectivity index (χ2n) is 12.5. The number of nitrogens with two attached hydrogens (primary N) is 5. The molecular weight excluding hydrogens is 769 g/mol. The number of rotatable bonds is 14. The summed E-state index contributed by atoms with van der Waals surface area (Å²) in [5, 5.41) is 0. The monoisotopic (exact) mass is 810 g/mol. The molecule has 0 saturated carbocycles. The molecule has 1 heterocycles. The van der Waals surface area contributed by atoms with Crippen LogP contribution < -0.4 is 55.8 Å². The number of nitrogens with zero attached hydrogens (tertiary/aromatic N) is 3. The average molecular weight is 811 g/mol. The maximum Gasteiger partial charge on any atom is 0.460 e. The van der Waals surface area contributed by atoms with Crippen LogP contribution in [0.5, 0.6) is 34.5 Å². The summed E-state index contributed by atoms with van der Waals surface area (Å²) < 4.78 is 56.4. The van der Waals surface area contributed by atoms with Crippen molar-refractivity contribution in [1.29, 1.82) is 0 Å². The second kappa shape index (κ2) is 16.3. The van der Waals surface area contributed by atoms with E-state index in [1.807, 2.05) is 24.3 Å². The van der Waals surface area contributed by atoms with Gasteiger partial charge in [-0.05, 0) is 145 Å². The van der Waals surface area contributed by atoms with Gasteiger partial charge in [0.1, 0.15) is 34.5 Å². The van der Waals surface area contributed by atoms with Crippen molar-refractivity contribution in [3.63, 3.8) is 0 Å². The molecule has 1 aliphatic rings. The van der Waals surface area contributed by atoms with E-state index >= 15 is 0 Å². The summed E-state index contributed by atoms with van der Waals surface area (Å²) in [6.07, 6.45) is 1.86. The summed E-state index contributed by atoms with van der Waals surface area (Å²) in [7, 11) is -12.3. The first-order valence-corrected chi connectivity index (χ1v) is 22.0. The topological polar surface area (TPSA) is 223 Å². The second-order valence-corrected chi connectivity index (χ2v) is 18.7. The largest absolute Gasteiger partial charge is 0.460 e. The Kier molecular flexibility index (Phi) is 11.1. The van der Waals surface area contributed by atoms with E-state index < -0.39 is 23.0 Å². The van der Waals surface area contributed by atoms with Gasteiger partial charge in [-0.3, -0.25) is 0 Å². The van der Waals surface area contributed by atoms with Crippen molar-refractivity contribution in [2.75, 3.05) is 28.7 Å². The lowest BCUT2D eigenvalue weighted by molar-refractivity contribution is 0.443. The predicted molar refractivity (Wildman–Crippen MR) is 227 cm³/mol. The molecule has 0 aromatic heterocycles. The van der Waals surface area contributed by atoms with E-state index in [1.54, 1.807) is 121 Å². The van der Waals surface area contributed by atoms with Gasteiger partial charge in [0.15, 0.2) is 0 Å². The smallest absolute Gasteiger partial charge is 0.413 e. The number of benzene rings is 6. The Bertz CT molecular complexity index is 2250. The van der Waals surface area contributed by atoms with Crippen LogP contribution in [-0.2, 0) is 6.42 Å². The van der Waals surface area contributed by atoms with Gasteiger partial charge in [0.25, 0.3) is 0 Å². The van der Waals surface area contributed by atoms with Crippen molar-refractivity contribution in [3.05, 3.63) is 151 Å². The molecule has 1 unspecified atom stereocenters. The molecule has 17 heteroatoms. The molecule has 6 aromatic carbocycles. The van der Waals surface area contributed by atoms with Gasteiger partial charge in [-0.2, -0.15) is 0 Å². The van der Waals surface area contributed by atoms with Crippen molar-refractivity contribution in [3.8, 4) is 34.5 Å². The Morgan fingerprint density at radius 3 is 0.732 bits per heavy atom. The Balaban J connectivity index is 1.55. The summed E-state index contributed by atoms with van der Waals surface area (Å²) >= 11 is 0. The fraction of sp³-hybridized carbons (Fsp3) is 0.0769. The maximum absolute atomic E-state index is 6.87. The van der Waals surface area contributed by atoms with E-state index in [-0.39, 0.29) is 0 Å². The van der Waals surface area contributed by atoms with E-state index in [0.29, 0.717) is 62.9 Å². The third-order valence-electron chi connectivity index (χ3n) is 7.89. The minimum Gasteiger partial charge on any atom is -0.413 e. The quantitative estimate of drug-likeness (QED) is 0.0514. The zero-order chi connectivity index (χ0) is 39.2. The molecule has 7 rings (SSSR count). The Morgan fingerprint density at radius 2 is 0.536 bits per heavy atom. The van der Waals surface area contributed by atoms with E-state index in [4.69, 9.17) is 69.4 Å². The fourth-order valence-corrected chi connectivity index (χ4v) is 14.3. The van der Waals surface area contributed by atoms with Gasteiger partial charge in [0.05, 0.1) is 0 Å². The van der Waals surface area contributed by atoms with E-state index in [1.165, 1.54) is 0 Å². The Morgan fingerprint density at radius 1 is 0.339 bits per heavy atom. The number of hydrogen-bond acceptors (Lipinski definition) is 14.